The van der Waals surface area contributed by atoms with E-state index in [1.807, 2.05) is 69.1 Å². The van der Waals surface area contributed by atoms with Crippen molar-refractivity contribution in [2.45, 2.75) is 13.1 Å². The third-order valence-corrected chi connectivity index (χ3v) is 5.56. The number of rotatable bonds is 5. The van der Waals surface area contributed by atoms with Crippen molar-refractivity contribution in [3.8, 4) is 0 Å². The Hall–Kier alpha value is -4.24. The molecule has 0 amide bonds. The van der Waals surface area contributed by atoms with E-state index in [0.717, 1.165) is 51.5 Å². The third kappa shape index (κ3) is 3.79. The average Bonchev–Trinajstić information content (AvgIpc) is 3.40. The number of imidazole rings is 1. The summed E-state index contributed by atoms with van der Waals surface area (Å²) in [6, 6.07) is 16.3. The van der Waals surface area contributed by atoms with Crippen LogP contribution >= 0.6 is 0 Å². The van der Waals surface area contributed by atoms with Crippen LogP contribution in [0.2, 0.25) is 0 Å². The van der Waals surface area contributed by atoms with Crippen LogP contribution in [0.4, 0.5) is 17.3 Å². The van der Waals surface area contributed by atoms with Crippen molar-refractivity contribution in [2.24, 2.45) is 0 Å². The number of para-hydroxylation sites is 1. The van der Waals surface area contributed by atoms with Gasteiger partial charge in [0, 0.05) is 23.5 Å². The summed E-state index contributed by atoms with van der Waals surface area (Å²) in [6.07, 6.45) is 5.81. The Balaban J connectivity index is 1.21. The molecule has 0 radical (unpaired) electrons. The lowest BCUT2D eigenvalue weighted by Gasteiger charge is -2.22. The SMILES string of the molecule is CN(C)Cc1nc2ccc(Nc3nc4n(n3)C=CN(c3cnc5ccccc5c3)C4)cc2[nH]1. The van der Waals surface area contributed by atoms with Gasteiger partial charge >= 0.3 is 0 Å². The van der Waals surface area contributed by atoms with Gasteiger partial charge < -0.3 is 20.1 Å². The molecule has 0 aliphatic carbocycles. The highest BCUT2D eigenvalue weighted by Gasteiger charge is 2.17. The molecule has 1 aliphatic rings. The number of fused-ring (bicyclic) bond motifs is 3. The van der Waals surface area contributed by atoms with E-state index in [-0.39, 0.29) is 0 Å². The number of aromatic nitrogens is 6. The Morgan fingerprint density at radius 2 is 1.94 bits per heavy atom. The zero-order valence-corrected chi connectivity index (χ0v) is 18.4. The normalized spacial score (nSPS) is 13.2. The van der Waals surface area contributed by atoms with Gasteiger partial charge in [0.1, 0.15) is 5.82 Å². The van der Waals surface area contributed by atoms with Crippen LogP contribution in [0.1, 0.15) is 11.6 Å². The second-order valence-corrected chi connectivity index (χ2v) is 8.39. The van der Waals surface area contributed by atoms with Crippen LogP contribution in [0.5, 0.6) is 0 Å². The van der Waals surface area contributed by atoms with Gasteiger partial charge in [-0.1, -0.05) is 18.2 Å². The number of H-pyrrole nitrogens is 1. The Labute approximate surface area is 190 Å². The average molecular weight is 438 g/mol. The van der Waals surface area contributed by atoms with Crippen molar-refractivity contribution in [2.75, 3.05) is 24.3 Å². The molecule has 0 bridgehead atoms. The quantitative estimate of drug-likeness (QED) is 0.430. The second kappa shape index (κ2) is 7.72. The summed E-state index contributed by atoms with van der Waals surface area (Å²) >= 11 is 0. The first-order chi connectivity index (χ1) is 16.1. The molecule has 3 aromatic heterocycles. The highest BCUT2D eigenvalue weighted by Crippen LogP contribution is 2.25. The number of hydrogen-bond acceptors (Lipinski definition) is 7. The van der Waals surface area contributed by atoms with Crippen LogP contribution in [0.15, 0.2) is 60.9 Å². The van der Waals surface area contributed by atoms with Gasteiger partial charge in [0.25, 0.3) is 0 Å². The largest absolute Gasteiger partial charge is 0.341 e. The fourth-order valence-corrected chi connectivity index (χ4v) is 4.02. The minimum atomic E-state index is 0.556. The standard InChI is InChI=1S/C24H23N9/c1-31(2)14-22-27-20-8-7-17(12-21(20)28-22)26-24-29-23-15-32(9-10-33(23)30-24)18-11-16-5-3-4-6-19(16)25-13-18/h3-13H,14-15H2,1-2H3,(H,26,30)(H,27,28). The number of hydrogen-bond donors (Lipinski definition) is 2. The van der Waals surface area contributed by atoms with Crippen LogP contribution in [0.3, 0.4) is 0 Å². The smallest absolute Gasteiger partial charge is 0.247 e. The van der Waals surface area contributed by atoms with Crippen molar-refractivity contribution >= 4 is 45.5 Å². The highest BCUT2D eigenvalue weighted by atomic mass is 15.4. The van der Waals surface area contributed by atoms with E-state index in [1.165, 1.54) is 0 Å². The zero-order chi connectivity index (χ0) is 22.4. The Kier molecular flexibility index (Phi) is 4.55. The Bertz CT molecular complexity index is 1490. The van der Waals surface area contributed by atoms with E-state index in [1.54, 1.807) is 4.68 Å². The molecule has 33 heavy (non-hydrogen) atoms. The first kappa shape index (κ1) is 19.4. The highest BCUT2D eigenvalue weighted by molar-refractivity contribution is 5.82. The minimum absolute atomic E-state index is 0.556. The second-order valence-electron chi connectivity index (χ2n) is 8.39. The molecule has 0 fully saturated rings. The molecule has 9 nitrogen and oxygen atoms in total. The molecule has 0 saturated carbocycles. The maximum atomic E-state index is 4.70. The van der Waals surface area contributed by atoms with Gasteiger partial charge in [-0.25, -0.2) is 9.67 Å². The van der Waals surface area contributed by atoms with Crippen molar-refractivity contribution < 1.29 is 0 Å². The molecule has 0 unspecified atom stereocenters. The summed E-state index contributed by atoms with van der Waals surface area (Å²) in [5.74, 6) is 2.35. The molecule has 0 spiro atoms. The number of nitrogens with zero attached hydrogens (tertiary/aromatic N) is 7. The zero-order valence-electron chi connectivity index (χ0n) is 18.4. The van der Waals surface area contributed by atoms with E-state index in [0.29, 0.717) is 12.5 Å². The van der Waals surface area contributed by atoms with Crippen molar-refractivity contribution in [1.82, 2.24) is 34.6 Å². The number of anilines is 3. The van der Waals surface area contributed by atoms with Crippen LogP contribution in [0.25, 0.3) is 28.1 Å². The van der Waals surface area contributed by atoms with Gasteiger partial charge in [-0.05, 0) is 44.4 Å². The molecule has 2 aromatic carbocycles. The summed E-state index contributed by atoms with van der Waals surface area (Å²) in [4.78, 5) is 21.5. The van der Waals surface area contributed by atoms with E-state index in [9.17, 15) is 0 Å². The summed E-state index contributed by atoms with van der Waals surface area (Å²) in [7, 11) is 4.05. The van der Waals surface area contributed by atoms with Gasteiger partial charge in [-0.3, -0.25) is 4.98 Å². The van der Waals surface area contributed by atoms with Gasteiger partial charge in [0.2, 0.25) is 5.95 Å². The van der Waals surface area contributed by atoms with Crippen LogP contribution in [-0.4, -0.2) is 48.7 Å². The van der Waals surface area contributed by atoms with Gasteiger partial charge in [0.05, 0.1) is 41.5 Å². The Morgan fingerprint density at radius 1 is 1.03 bits per heavy atom. The molecule has 0 saturated heterocycles. The van der Waals surface area contributed by atoms with Crippen LogP contribution < -0.4 is 10.2 Å². The lowest BCUT2D eigenvalue weighted by atomic mass is 10.2. The topological polar surface area (TPSA) is 90.8 Å². The number of nitrogens with one attached hydrogen (secondary N) is 2. The van der Waals surface area contributed by atoms with Gasteiger partial charge in [-0.15, -0.1) is 5.10 Å². The predicted octanol–water partition coefficient (Wildman–Crippen LogP) is 3.96. The molecule has 6 rings (SSSR count). The van der Waals surface area contributed by atoms with Crippen LogP contribution in [0, 0.1) is 0 Å². The summed E-state index contributed by atoms with van der Waals surface area (Å²) in [6.45, 7) is 1.38. The van der Waals surface area contributed by atoms with Crippen LogP contribution in [-0.2, 0) is 13.1 Å². The molecule has 4 heterocycles. The molecule has 0 atom stereocenters. The maximum Gasteiger partial charge on any atom is 0.247 e. The van der Waals surface area contributed by atoms with E-state index in [2.05, 4.69) is 47.3 Å². The molecule has 2 N–H and O–H groups in total. The van der Waals surface area contributed by atoms with E-state index < -0.39 is 0 Å². The van der Waals surface area contributed by atoms with Crippen molar-refractivity contribution in [3.05, 3.63) is 72.6 Å². The molecule has 5 aromatic rings. The summed E-state index contributed by atoms with van der Waals surface area (Å²) in [5, 5.41) is 9.01. The van der Waals surface area contributed by atoms with E-state index in [4.69, 9.17) is 4.98 Å². The lowest BCUT2D eigenvalue weighted by Crippen LogP contribution is -2.22. The first-order valence-corrected chi connectivity index (χ1v) is 10.8. The minimum Gasteiger partial charge on any atom is -0.341 e. The molecular weight excluding hydrogens is 414 g/mol. The molecule has 164 valence electrons. The third-order valence-electron chi connectivity index (χ3n) is 5.56. The summed E-state index contributed by atoms with van der Waals surface area (Å²) < 4.78 is 1.80. The van der Waals surface area contributed by atoms with Gasteiger partial charge in [0.15, 0.2) is 5.82 Å². The number of benzene rings is 2. The maximum absolute atomic E-state index is 4.70. The first-order valence-electron chi connectivity index (χ1n) is 10.8. The fraction of sp³-hybridized carbons (Fsp3) is 0.167. The molecule has 1 aliphatic heterocycles. The predicted molar refractivity (Wildman–Crippen MR) is 130 cm³/mol. The van der Waals surface area contributed by atoms with Gasteiger partial charge in [-0.2, -0.15) is 4.98 Å². The Morgan fingerprint density at radius 3 is 2.85 bits per heavy atom. The molecule has 9 heteroatoms. The van der Waals surface area contributed by atoms with Crippen molar-refractivity contribution in [1.29, 1.82) is 0 Å². The van der Waals surface area contributed by atoms with E-state index >= 15 is 0 Å². The number of aromatic amines is 1. The van der Waals surface area contributed by atoms with Crippen molar-refractivity contribution in [3.63, 3.8) is 0 Å². The molecular formula is C24H23N9. The lowest BCUT2D eigenvalue weighted by molar-refractivity contribution is 0.392. The summed E-state index contributed by atoms with van der Waals surface area (Å²) in [5.41, 5.74) is 4.84. The number of pyridine rings is 1. The monoisotopic (exact) mass is 437 g/mol. The fourth-order valence-electron chi connectivity index (χ4n) is 4.02.